The minimum atomic E-state index is -3.60. The van der Waals surface area contributed by atoms with Gasteiger partial charge < -0.3 is 14.4 Å². The first-order valence-corrected chi connectivity index (χ1v) is 10.7. The fourth-order valence-electron chi connectivity index (χ4n) is 3.36. The largest absolute Gasteiger partial charge is 0.497 e. The van der Waals surface area contributed by atoms with Crippen LogP contribution in [0.2, 0.25) is 5.15 Å². The molecule has 0 saturated heterocycles. The molecule has 152 valence electrons. The summed E-state index contributed by atoms with van der Waals surface area (Å²) in [5.41, 5.74) is 0.918. The highest BCUT2D eigenvalue weighted by Crippen LogP contribution is 2.44. The first kappa shape index (κ1) is 20.6. The molecule has 0 fully saturated rings. The predicted octanol–water partition coefficient (Wildman–Crippen LogP) is 2.40. The van der Waals surface area contributed by atoms with Crippen LogP contribution in [0.3, 0.4) is 0 Å². The van der Waals surface area contributed by atoms with Gasteiger partial charge in [0, 0.05) is 35.7 Å². The van der Waals surface area contributed by atoms with E-state index in [1.165, 1.54) is 6.33 Å². The molecule has 0 aliphatic carbocycles. The first-order valence-electron chi connectivity index (χ1n) is 8.48. The third kappa shape index (κ3) is 4.16. The Kier molecular flexibility index (Phi) is 5.69. The molecule has 10 heteroatoms. The van der Waals surface area contributed by atoms with Gasteiger partial charge in [0.1, 0.15) is 28.8 Å². The number of methoxy groups -OCH3 is 2. The van der Waals surface area contributed by atoms with Crippen LogP contribution in [0.25, 0.3) is 0 Å². The van der Waals surface area contributed by atoms with Crippen molar-refractivity contribution < 1.29 is 22.1 Å². The molecule has 0 amide bonds. The zero-order valence-electron chi connectivity index (χ0n) is 16.1. The van der Waals surface area contributed by atoms with Crippen molar-refractivity contribution in [3.8, 4) is 11.5 Å². The minimum absolute atomic E-state index is 0.0534. The molecule has 1 aromatic carbocycles. The van der Waals surface area contributed by atoms with Gasteiger partial charge in [0.2, 0.25) is 0 Å². The second-order valence-corrected chi connectivity index (χ2v) is 8.93. The molecule has 1 atom stereocenters. The zero-order valence-corrected chi connectivity index (χ0v) is 17.7. The number of rotatable bonds is 7. The Bertz CT molecular complexity index is 985. The molecule has 0 N–H and O–H groups in total. The summed E-state index contributed by atoms with van der Waals surface area (Å²) in [4.78, 5) is 10.5. The van der Waals surface area contributed by atoms with Crippen LogP contribution in [0, 0.1) is 0 Å². The second kappa shape index (κ2) is 7.73. The summed E-state index contributed by atoms with van der Waals surface area (Å²) in [5.74, 6) is 2.03. The molecule has 1 aliphatic heterocycles. The van der Waals surface area contributed by atoms with Crippen LogP contribution in [0.5, 0.6) is 11.5 Å². The lowest BCUT2D eigenvalue weighted by Gasteiger charge is -2.26. The van der Waals surface area contributed by atoms with Crippen molar-refractivity contribution >= 4 is 27.5 Å². The second-order valence-electron chi connectivity index (χ2n) is 6.92. The smallest absolute Gasteiger partial charge is 0.264 e. The molecule has 1 unspecified atom stereocenters. The molecular formula is C18H22ClN3O5S. The number of fused-ring (bicyclic) bond motifs is 1. The van der Waals surface area contributed by atoms with E-state index in [1.807, 2.05) is 30.0 Å². The number of hydrogen-bond donors (Lipinski definition) is 0. The van der Waals surface area contributed by atoms with E-state index >= 15 is 0 Å². The Morgan fingerprint density at radius 3 is 2.64 bits per heavy atom. The Hall–Kier alpha value is -2.10. The third-order valence-electron chi connectivity index (χ3n) is 4.67. The molecule has 1 aromatic heterocycles. The van der Waals surface area contributed by atoms with Gasteiger partial charge in [-0.1, -0.05) is 18.5 Å². The van der Waals surface area contributed by atoms with Gasteiger partial charge in [0.15, 0.2) is 0 Å². The lowest BCUT2D eigenvalue weighted by atomic mass is 9.87. The van der Waals surface area contributed by atoms with Gasteiger partial charge in [0.05, 0.1) is 27.1 Å². The maximum absolute atomic E-state index is 11.5. The SMILES string of the molecule is COc1ccc(CN2CC(C)(COS(C)(=O)=O)c3c(Cl)ncnc32)c(OC)c1. The number of benzene rings is 1. The fraction of sp³-hybridized carbons (Fsp3) is 0.444. The Labute approximate surface area is 169 Å². The normalized spacial score (nSPS) is 18.8. The summed E-state index contributed by atoms with van der Waals surface area (Å²) in [6, 6.07) is 5.59. The molecule has 0 saturated carbocycles. The fourth-order valence-corrected chi connectivity index (χ4v) is 4.19. The average Bonchev–Trinajstić information content (AvgIpc) is 2.93. The van der Waals surface area contributed by atoms with Gasteiger partial charge >= 0.3 is 0 Å². The van der Waals surface area contributed by atoms with E-state index in [1.54, 1.807) is 14.2 Å². The highest BCUT2D eigenvalue weighted by atomic mass is 35.5. The van der Waals surface area contributed by atoms with E-state index < -0.39 is 15.5 Å². The average molecular weight is 428 g/mol. The van der Waals surface area contributed by atoms with Crippen LogP contribution < -0.4 is 14.4 Å². The van der Waals surface area contributed by atoms with Crippen LogP contribution in [0.15, 0.2) is 24.5 Å². The molecule has 3 rings (SSSR count). The minimum Gasteiger partial charge on any atom is -0.497 e. The molecule has 8 nitrogen and oxygen atoms in total. The zero-order chi connectivity index (χ0) is 20.5. The summed E-state index contributed by atoms with van der Waals surface area (Å²) in [5, 5.41) is 0.286. The van der Waals surface area contributed by atoms with Crippen LogP contribution in [0.1, 0.15) is 18.1 Å². The quantitative estimate of drug-likeness (QED) is 0.491. The molecular weight excluding hydrogens is 406 g/mol. The van der Waals surface area contributed by atoms with Gasteiger partial charge in [-0.25, -0.2) is 9.97 Å². The number of hydrogen-bond acceptors (Lipinski definition) is 8. The van der Waals surface area contributed by atoms with Gasteiger partial charge in [-0.05, 0) is 12.1 Å². The molecule has 0 spiro atoms. The summed E-state index contributed by atoms with van der Waals surface area (Å²) < 4.78 is 38.9. The lowest BCUT2D eigenvalue weighted by Crippen LogP contribution is -2.35. The van der Waals surface area contributed by atoms with Crippen molar-refractivity contribution in [2.24, 2.45) is 0 Å². The van der Waals surface area contributed by atoms with E-state index in [4.69, 9.17) is 25.3 Å². The number of anilines is 1. The Morgan fingerprint density at radius 2 is 2.00 bits per heavy atom. The highest BCUT2D eigenvalue weighted by molar-refractivity contribution is 7.85. The van der Waals surface area contributed by atoms with E-state index in [2.05, 4.69) is 9.97 Å². The van der Waals surface area contributed by atoms with Crippen molar-refractivity contribution in [3.63, 3.8) is 0 Å². The maximum atomic E-state index is 11.5. The molecule has 0 bridgehead atoms. The molecule has 28 heavy (non-hydrogen) atoms. The van der Waals surface area contributed by atoms with Crippen LogP contribution in [0.4, 0.5) is 5.82 Å². The van der Waals surface area contributed by atoms with Crippen LogP contribution in [-0.2, 0) is 26.3 Å². The summed E-state index contributed by atoms with van der Waals surface area (Å²) in [6.45, 7) is 2.78. The number of ether oxygens (including phenoxy) is 2. The van der Waals surface area contributed by atoms with Gasteiger partial charge in [-0.15, -0.1) is 0 Å². The summed E-state index contributed by atoms with van der Waals surface area (Å²) in [7, 11) is -0.405. The topological polar surface area (TPSA) is 90.9 Å². The van der Waals surface area contributed by atoms with Gasteiger partial charge in [0.25, 0.3) is 10.1 Å². The Morgan fingerprint density at radius 1 is 1.25 bits per heavy atom. The van der Waals surface area contributed by atoms with Crippen molar-refractivity contribution in [2.75, 3.05) is 38.5 Å². The third-order valence-corrected chi connectivity index (χ3v) is 5.50. The van der Waals surface area contributed by atoms with Crippen LogP contribution in [-0.4, -0.2) is 52.0 Å². The van der Waals surface area contributed by atoms with Gasteiger partial charge in [-0.3, -0.25) is 4.18 Å². The summed E-state index contributed by atoms with van der Waals surface area (Å²) in [6.07, 6.45) is 2.41. The number of aromatic nitrogens is 2. The first-order chi connectivity index (χ1) is 13.2. The predicted molar refractivity (Wildman–Crippen MR) is 106 cm³/mol. The van der Waals surface area contributed by atoms with E-state index in [9.17, 15) is 8.42 Å². The number of nitrogens with zero attached hydrogens (tertiary/aromatic N) is 3. The monoisotopic (exact) mass is 427 g/mol. The lowest BCUT2D eigenvalue weighted by molar-refractivity contribution is 0.244. The van der Waals surface area contributed by atoms with E-state index in [0.717, 1.165) is 11.8 Å². The molecule has 2 aromatic rings. The standard InChI is InChI=1S/C18H22ClN3O5S/c1-18(10-27-28(4,23)24)9-22(17-15(18)16(19)20-11-21-17)8-12-5-6-13(25-2)7-14(12)26-3/h5-7,11H,8-10H2,1-4H3. The number of halogens is 1. The molecule has 1 aliphatic rings. The van der Waals surface area contributed by atoms with E-state index in [-0.39, 0.29) is 11.8 Å². The molecule has 0 radical (unpaired) electrons. The van der Waals surface area contributed by atoms with E-state index in [0.29, 0.717) is 36.0 Å². The van der Waals surface area contributed by atoms with Crippen molar-refractivity contribution in [3.05, 3.63) is 40.8 Å². The highest BCUT2D eigenvalue weighted by Gasteiger charge is 2.43. The van der Waals surface area contributed by atoms with Gasteiger partial charge in [-0.2, -0.15) is 8.42 Å². The van der Waals surface area contributed by atoms with Crippen molar-refractivity contribution in [2.45, 2.75) is 18.9 Å². The van der Waals surface area contributed by atoms with Crippen molar-refractivity contribution in [1.29, 1.82) is 0 Å². The van der Waals surface area contributed by atoms with Crippen LogP contribution >= 0.6 is 11.6 Å². The maximum Gasteiger partial charge on any atom is 0.264 e. The Balaban J connectivity index is 1.95. The molecule has 2 heterocycles. The summed E-state index contributed by atoms with van der Waals surface area (Å²) >= 11 is 6.35. The van der Waals surface area contributed by atoms with Crippen molar-refractivity contribution in [1.82, 2.24) is 9.97 Å².